The van der Waals surface area contributed by atoms with E-state index in [1.807, 2.05) is 25.1 Å². The van der Waals surface area contributed by atoms with Gasteiger partial charge in [0.05, 0.1) is 7.11 Å². The van der Waals surface area contributed by atoms with Crippen molar-refractivity contribution in [2.75, 3.05) is 25.1 Å². The lowest BCUT2D eigenvalue weighted by molar-refractivity contribution is 0.0930. The lowest BCUT2D eigenvalue weighted by Crippen LogP contribution is -2.45. The van der Waals surface area contributed by atoms with Gasteiger partial charge in [0, 0.05) is 36.0 Å². The molecule has 1 aromatic carbocycles. The Morgan fingerprint density at radius 2 is 1.96 bits per heavy atom. The van der Waals surface area contributed by atoms with Crippen LogP contribution in [0.1, 0.15) is 52.9 Å². The van der Waals surface area contributed by atoms with E-state index in [1.165, 1.54) is 24.1 Å². The van der Waals surface area contributed by atoms with Crippen LogP contribution >= 0.6 is 0 Å². The highest BCUT2D eigenvalue weighted by Crippen LogP contribution is 2.29. The molecule has 1 saturated heterocycles. The predicted octanol–water partition coefficient (Wildman–Crippen LogP) is 3.07. The first kappa shape index (κ1) is 18.7. The molecule has 1 N–H and O–H groups in total. The third-order valence-corrected chi connectivity index (χ3v) is 5.91. The van der Waals surface area contributed by atoms with E-state index in [9.17, 15) is 4.79 Å². The zero-order valence-electron chi connectivity index (χ0n) is 16.7. The van der Waals surface area contributed by atoms with Gasteiger partial charge in [-0.05, 0) is 69.2 Å². The molecule has 4 rings (SSSR count). The molecule has 0 bridgehead atoms. The normalized spacial score (nSPS) is 17.1. The van der Waals surface area contributed by atoms with E-state index in [1.54, 1.807) is 13.4 Å². The van der Waals surface area contributed by atoms with Crippen LogP contribution in [0.5, 0.6) is 5.75 Å². The Balaban J connectivity index is 1.38. The number of nitrogens with one attached hydrogen (secondary N) is 1. The highest BCUT2D eigenvalue weighted by atomic mass is 16.5. The van der Waals surface area contributed by atoms with Gasteiger partial charge in [-0.1, -0.05) is 0 Å². The SMILES string of the molecule is COc1ccc(C(=O)NC2CCN(c3ncnc4c3CCCC4)CC2)c(C)c1. The molecule has 1 fully saturated rings. The van der Waals surface area contributed by atoms with Gasteiger partial charge in [-0.3, -0.25) is 4.79 Å². The number of rotatable bonds is 4. The number of benzene rings is 1. The number of aromatic nitrogens is 2. The van der Waals surface area contributed by atoms with Crippen LogP contribution in [0.25, 0.3) is 0 Å². The number of fused-ring (bicyclic) bond motifs is 1. The summed E-state index contributed by atoms with van der Waals surface area (Å²) in [6.07, 6.45) is 8.17. The Hall–Kier alpha value is -2.63. The fourth-order valence-corrected chi connectivity index (χ4v) is 4.29. The molecule has 2 aliphatic rings. The number of carbonyl (C=O) groups excluding carboxylic acids is 1. The zero-order chi connectivity index (χ0) is 19.5. The van der Waals surface area contributed by atoms with Gasteiger partial charge >= 0.3 is 0 Å². The minimum atomic E-state index is -0.00183. The molecule has 0 saturated carbocycles. The molecule has 0 unspecified atom stereocenters. The van der Waals surface area contributed by atoms with Crippen molar-refractivity contribution in [3.8, 4) is 5.75 Å². The van der Waals surface area contributed by atoms with Crippen molar-refractivity contribution in [1.82, 2.24) is 15.3 Å². The molecule has 2 heterocycles. The van der Waals surface area contributed by atoms with Gasteiger partial charge in [0.2, 0.25) is 0 Å². The number of hydrogen-bond acceptors (Lipinski definition) is 5. The van der Waals surface area contributed by atoms with E-state index in [4.69, 9.17) is 4.74 Å². The van der Waals surface area contributed by atoms with Crippen LogP contribution in [0.3, 0.4) is 0 Å². The second-order valence-electron chi connectivity index (χ2n) is 7.75. The molecular weight excluding hydrogens is 352 g/mol. The van der Waals surface area contributed by atoms with E-state index in [0.717, 1.165) is 55.9 Å². The number of amides is 1. The van der Waals surface area contributed by atoms with Crippen LogP contribution in [0, 0.1) is 6.92 Å². The maximum atomic E-state index is 12.7. The van der Waals surface area contributed by atoms with E-state index < -0.39 is 0 Å². The predicted molar refractivity (Wildman–Crippen MR) is 109 cm³/mol. The maximum Gasteiger partial charge on any atom is 0.251 e. The van der Waals surface area contributed by atoms with Crippen molar-refractivity contribution in [2.24, 2.45) is 0 Å². The van der Waals surface area contributed by atoms with Crippen molar-refractivity contribution < 1.29 is 9.53 Å². The van der Waals surface area contributed by atoms with E-state index in [-0.39, 0.29) is 11.9 Å². The number of piperidine rings is 1. The number of nitrogens with zero attached hydrogens (tertiary/aromatic N) is 3. The van der Waals surface area contributed by atoms with Gasteiger partial charge < -0.3 is 15.0 Å². The molecule has 1 aromatic heterocycles. The van der Waals surface area contributed by atoms with Crippen molar-refractivity contribution in [1.29, 1.82) is 0 Å². The number of methoxy groups -OCH3 is 1. The van der Waals surface area contributed by atoms with Crippen LogP contribution in [-0.4, -0.2) is 42.1 Å². The molecular formula is C22H28N4O2. The molecule has 0 atom stereocenters. The van der Waals surface area contributed by atoms with Gasteiger partial charge in [0.25, 0.3) is 5.91 Å². The summed E-state index contributed by atoms with van der Waals surface area (Å²) in [7, 11) is 1.64. The molecule has 1 aliphatic heterocycles. The number of ether oxygens (including phenoxy) is 1. The minimum Gasteiger partial charge on any atom is -0.497 e. The van der Waals surface area contributed by atoms with Crippen LogP contribution in [0.15, 0.2) is 24.5 Å². The quantitative estimate of drug-likeness (QED) is 0.883. The molecule has 148 valence electrons. The van der Waals surface area contributed by atoms with Gasteiger partial charge in [-0.15, -0.1) is 0 Å². The summed E-state index contributed by atoms with van der Waals surface area (Å²) in [5.41, 5.74) is 4.21. The average molecular weight is 380 g/mol. The maximum absolute atomic E-state index is 12.7. The van der Waals surface area contributed by atoms with Crippen LogP contribution in [0.2, 0.25) is 0 Å². The average Bonchev–Trinajstić information content (AvgIpc) is 2.73. The highest BCUT2D eigenvalue weighted by Gasteiger charge is 2.25. The van der Waals surface area contributed by atoms with Gasteiger partial charge in [0.1, 0.15) is 17.9 Å². The van der Waals surface area contributed by atoms with Crippen LogP contribution < -0.4 is 15.0 Å². The second-order valence-corrected chi connectivity index (χ2v) is 7.75. The van der Waals surface area contributed by atoms with Gasteiger partial charge in [-0.25, -0.2) is 9.97 Å². The topological polar surface area (TPSA) is 67.3 Å². The van der Waals surface area contributed by atoms with E-state index in [2.05, 4.69) is 20.2 Å². The molecule has 28 heavy (non-hydrogen) atoms. The van der Waals surface area contributed by atoms with E-state index in [0.29, 0.717) is 5.56 Å². The summed E-state index contributed by atoms with van der Waals surface area (Å²) in [6, 6.07) is 5.77. The molecule has 1 aliphatic carbocycles. The third-order valence-electron chi connectivity index (χ3n) is 5.91. The van der Waals surface area contributed by atoms with E-state index >= 15 is 0 Å². The van der Waals surface area contributed by atoms with Crippen molar-refractivity contribution >= 4 is 11.7 Å². The first-order valence-corrected chi connectivity index (χ1v) is 10.2. The third kappa shape index (κ3) is 3.81. The van der Waals surface area contributed by atoms with Crippen LogP contribution in [0.4, 0.5) is 5.82 Å². The summed E-state index contributed by atoms with van der Waals surface area (Å²) in [5, 5.41) is 3.21. The van der Waals surface area contributed by atoms with Crippen molar-refractivity contribution in [3.05, 3.63) is 46.9 Å². The molecule has 6 heteroatoms. The molecule has 0 spiro atoms. The summed E-state index contributed by atoms with van der Waals surface area (Å²) in [5.74, 6) is 1.88. The second kappa shape index (κ2) is 8.17. The number of hydrogen-bond donors (Lipinski definition) is 1. The number of carbonyl (C=O) groups is 1. The first-order chi connectivity index (χ1) is 13.7. The lowest BCUT2D eigenvalue weighted by Gasteiger charge is -2.35. The number of aryl methyl sites for hydroxylation is 2. The summed E-state index contributed by atoms with van der Waals surface area (Å²) in [6.45, 7) is 3.77. The largest absolute Gasteiger partial charge is 0.497 e. The summed E-state index contributed by atoms with van der Waals surface area (Å²) in [4.78, 5) is 24.1. The fraction of sp³-hybridized carbons (Fsp3) is 0.500. The zero-order valence-corrected chi connectivity index (χ0v) is 16.7. The fourth-order valence-electron chi connectivity index (χ4n) is 4.29. The first-order valence-electron chi connectivity index (χ1n) is 10.2. The Morgan fingerprint density at radius 3 is 2.71 bits per heavy atom. The van der Waals surface area contributed by atoms with Crippen molar-refractivity contribution in [3.63, 3.8) is 0 Å². The highest BCUT2D eigenvalue weighted by molar-refractivity contribution is 5.96. The summed E-state index contributed by atoms with van der Waals surface area (Å²) < 4.78 is 5.23. The standard InChI is InChI=1S/C22H28N4O2/c1-15-13-17(28-2)7-8-18(15)22(27)25-16-9-11-26(12-10-16)21-19-5-3-4-6-20(19)23-14-24-21/h7-8,13-14,16H,3-6,9-12H2,1-2H3,(H,25,27). The summed E-state index contributed by atoms with van der Waals surface area (Å²) >= 11 is 0. The Kier molecular flexibility index (Phi) is 5.46. The van der Waals surface area contributed by atoms with Crippen molar-refractivity contribution in [2.45, 2.75) is 51.5 Å². The molecule has 6 nitrogen and oxygen atoms in total. The minimum absolute atomic E-state index is 0.00183. The molecule has 2 aromatic rings. The lowest BCUT2D eigenvalue weighted by atomic mass is 9.95. The van der Waals surface area contributed by atoms with Gasteiger partial charge in [0.15, 0.2) is 0 Å². The Labute approximate surface area is 166 Å². The smallest absolute Gasteiger partial charge is 0.251 e. The number of anilines is 1. The van der Waals surface area contributed by atoms with Gasteiger partial charge in [-0.2, -0.15) is 0 Å². The monoisotopic (exact) mass is 380 g/mol. The van der Waals surface area contributed by atoms with Crippen LogP contribution in [-0.2, 0) is 12.8 Å². The molecule has 0 radical (unpaired) electrons. The Morgan fingerprint density at radius 1 is 1.18 bits per heavy atom. The molecule has 1 amide bonds. The Bertz CT molecular complexity index is 860.